The Labute approximate surface area is 81.2 Å². The van der Waals surface area contributed by atoms with E-state index < -0.39 is 0 Å². The van der Waals surface area contributed by atoms with Gasteiger partial charge in [-0.25, -0.2) is 4.98 Å². The molecule has 2 N–H and O–H groups in total. The molecule has 0 amide bonds. The van der Waals surface area contributed by atoms with Crippen molar-refractivity contribution in [1.82, 2.24) is 20.4 Å². The molecular formula is C9H12N4O. The molecule has 2 heterocycles. The zero-order chi connectivity index (χ0) is 10.2. The summed E-state index contributed by atoms with van der Waals surface area (Å²) in [5.41, 5.74) is 1.99. The van der Waals surface area contributed by atoms with E-state index in [1.807, 2.05) is 19.9 Å². The third-order valence-corrected chi connectivity index (χ3v) is 2.35. The number of fused-ring (bicyclic) bond motifs is 1. The van der Waals surface area contributed by atoms with Crippen molar-refractivity contribution in [2.24, 2.45) is 0 Å². The number of H-pyrrole nitrogens is 1. The second-order valence-electron chi connectivity index (χ2n) is 3.93. The Hall–Kier alpha value is -1.49. The summed E-state index contributed by atoms with van der Waals surface area (Å²) in [5, 5.41) is 19.5. The first-order valence-electron chi connectivity index (χ1n) is 4.41. The van der Waals surface area contributed by atoms with Crippen LogP contribution in [0.1, 0.15) is 19.4 Å². The molecule has 2 aromatic heterocycles. The van der Waals surface area contributed by atoms with Crippen molar-refractivity contribution in [3.63, 3.8) is 0 Å². The minimum Gasteiger partial charge on any atom is -0.395 e. The van der Waals surface area contributed by atoms with E-state index in [1.165, 1.54) is 0 Å². The van der Waals surface area contributed by atoms with Gasteiger partial charge in [-0.2, -0.15) is 10.3 Å². The Balaban J connectivity index is 2.53. The number of aliphatic hydroxyl groups is 1. The predicted octanol–water partition coefficient (Wildman–Crippen LogP) is 0.623. The first-order valence-corrected chi connectivity index (χ1v) is 4.41. The summed E-state index contributed by atoms with van der Waals surface area (Å²) in [6, 6.07) is 1.89. The first kappa shape index (κ1) is 9.08. The maximum absolute atomic E-state index is 9.20. The lowest BCUT2D eigenvalue weighted by Crippen LogP contribution is -2.22. The van der Waals surface area contributed by atoms with Gasteiger partial charge in [0.05, 0.1) is 6.61 Å². The zero-order valence-corrected chi connectivity index (χ0v) is 8.15. The zero-order valence-electron chi connectivity index (χ0n) is 8.15. The van der Waals surface area contributed by atoms with Crippen molar-refractivity contribution in [3.8, 4) is 0 Å². The van der Waals surface area contributed by atoms with Crippen molar-refractivity contribution >= 4 is 11.2 Å². The van der Waals surface area contributed by atoms with E-state index in [0.717, 1.165) is 11.1 Å². The summed E-state index contributed by atoms with van der Waals surface area (Å²) in [6.07, 6.45) is 1.72. The Morgan fingerprint density at radius 3 is 2.93 bits per heavy atom. The molecule has 0 saturated heterocycles. The first-order chi connectivity index (χ1) is 6.63. The highest BCUT2D eigenvalue weighted by Crippen LogP contribution is 2.23. The van der Waals surface area contributed by atoms with Crippen LogP contribution >= 0.6 is 0 Å². The van der Waals surface area contributed by atoms with Crippen LogP contribution in [-0.2, 0) is 5.41 Å². The fourth-order valence-corrected chi connectivity index (χ4v) is 1.20. The molecular weight excluding hydrogens is 180 g/mol. The Morgan fingerprint density at radius 2 is 2.21 bits per heavy atom. The number of hydrogen-bond donors (Lipinski definition) is 2. The summed E-state index contributed by atoms with van der Waals surface area (Å²) < 4.78 is 0. The van der Waals surface area contributed by atoms with E-state index in [0.29, 0.717) is 5.65 Å². The lowest BCUT2D eigenvalue weighted by atomic mass is 9.87. The van der Waals surface area contributed by atoms with Crippen LogP contribution in [-0.4, -0.2) is 32.1 Å². The van der Waals surface area contributed by atoms with Crippen LogP contribution in [0, 0.1) is 0 Å². The molecule has 0 aromatic carbocycles. The number of aromatic nitrogens is 4. The van der Waals surface area contributed by atoms with Gasteiger partial charge in [-0.1, -0.05) is 13.8 Å². The van der Waals surface area contributed by atoms with Crippen molar-refractivity contribution < 1.29 is 5.11 Å². The van der Waals surface area contributed by atoms with Crippen LogP contribution < -0.4 is 0 Å². The SMILES string of the molecule is CC(C)(CO)c1cnc2n[nH]nc2c1. The van der Waals surface area contributed by atoms with Crippen molar-refractivity contribution in [3.05, 3.63) is 17.8 Å². The monoisotopic (exact) mass is 192 g/mol. The van der Waals surface area contributed by atoms with E-state index in [2.05, 4.69) is 20.4 Å². The Morgan fingerprint density at radius 1 is 1.43 bits per heavy atom. The molecule has 0 spiro atoms. The van der Waals surface area contributed by atoms with Crippen LogP contribution in [0.5, 0.6) is 0 Å². The minimum atomic E-state index is -0.292. The van der Waals surface area contributed by atoms with Gasteiger partial charge in [-0.15, -0.1) is 5.10 Å². The molecule has 2 aromatic rings. The number of aliphatic hydroxyl groups excluding tert-OH is 1. The lowest BCUT2D eigenvalue weighted by Gasteiger charge is -2.21. The highest BCUT2D eigenvalue weighted by atomic mass is 16.3. The normalized spacial score (nSPS) is 12.2. The third kappa shape index (κ3) is 1.35. The Bertz CT molecular complexity index is 449. The molecule has 0 aliphatic carbocycles. The van der Waals surface area contributed by atoms with Crippen molar-refractivity contribution in [2.75, 3.05) is 6.61 Å². The van der Waals surface area contributed by atoms with Gasteiger partial charge in [0.2, 0.25) is 5.65 Å². The standard InChI is InChI=1S/C9H12N4O/c1-9(2,5-14)6-3-7-8(10-4-6)12-13-11-7/h3-4,14H,5H2,1-2H3,(H,10,11,12,13). The summed E-state index contributed by atoms with van der Waals surface area (Å²) in [7, 11) is 0. The molecule has 0 atom stereocenters. The third-order valence-electron chi connectivity index (χ3n) is 2.35. The van der Waals surface area contributed by atoms with Crippen molar-refractivity contribution in [1.29, 1.82) is 0 Å². The number of pyridine rings is 1. The molecule has 2 rings (SSSR count). The van der Waals surface area contributed by atoms with Gasteiger partial charge in [0.15, 0.2) is 0 Å². The number of rotatable bonds is 2. The maximum atomic E-state index is 9.20. The molecule has 0 unspecified atom stereocenters. The quantitative estimate of drug-likeness (QED) is 0.731. The molecule has 0 radical (unpaired) electrons. The molecule has 0 bridgehead atoms. The van der Waals surface area contributed by atoms with Gasteiger partial charge in [0.25, 0.3) is 0 Å². The summed E-state index contributed by atoms with van der Waals surface area (Å²) in [6.45, 7) is 3.99. The highest BCUT2D eigenvalue weighted by molar-refractivity contribution is 5.69. The summed E-state index contributed by atoms with van der Waals surface area (Å²) in [5.74, 6) is 0. The van der Waals surface area contributed by atoms with Crippen molar-refractivity contribution in [2.45, 2.75) is 19.3 Å². The van der Waals surface area contributed by atoms with E-state index in [-0.39, 0.29) is 12.0 Å². The fraction of sp³-hybridized carbons (Fsp3) is 0.444. The lowest BCUT2D eigenvalue weighted by molar-refractivity contribution is 0.218. The minimum absolute atomic E-state index is 0.0814. The van der Waals surface area contributed by atoms with Gasteiger partial charge in [0.1, 0.15) is 5.52 Å². The summed E-state index contributed by atoms with van der Waals surface area (Å²) in [4.78, 5) is 4.14. The number of nitrogens with one attached hydrogen (secondary N) is 1. The van der Waals surface area contributed by atoms with Gasteiger partial charge in [-0.3, -0.25) is 0 Å². The van der Waals surface area contributed by atoms with Crippen LogP contribution in [0.2, 0.25) is 0 Å². The van der Waals surface area contributed by atoms with Crippen LogP contribution in [0.15, 0.2) is 12.3 Å². The number of aromatic amines is 1. The molecule has 5 heteroatoms. The Kier molecular flexibility index (Phi) is 1.96. The second-order valence-corrected chi connectivity index (χ2v) is 3.93. The highest BCUT2D eigenvalue weighted by Gasteiger charge is 2.20. The topological polar surface area (TPSA) is 74.7 Å². The van der Waals surface area contributed by atoms with Gasteiger partial charge in [-0.05, 0) is 11.6 Å². The molecule has 0 fully saturated rings. The molecule has 14 heavy (non-hydrogen) atoms. The van der Waals surface area contributed by atoms with Crippen LogP contribution in [0.25, 0.3) is 11.2 Å². The van der Waals surface area contributed by atoms with E-state index in [4.69, 9.17) is 0 Å². The smallest absolute Gasteiger partial charge is 0.201 e. The average molecular weight is 192 g/mol. The molecule has 74 valence electrons. The molecule has 0 saturated carbocycles. The predicted molar refractivity (Wildman–Crippen MR) is 51.8 cm³/mol. The number of nitrogens with zero attached hydrogens (tertiary/aromatic N) is 3. The van der Waals surface area contributed by atoms with Gasteiger partial charge < -0.3 is 5.11 Å². The van der Waals surface area contributed by atoms with Gasteiger partial charge >= 0.3 is 0 Å². The van der Waals surface area contributed by atoms with Gasteiger partial charge in [0, 0.05) is 11.6 Å². The largest absolute Gasteiger partial charge is 0.395 e. The van der Waals surface area contributed by atoms with E-state index in [1.54, 1.807) is 6.20 Å². The molecule has 0 aliphatic rings. The van der Waals surface area contributed by atoms with E-state index in [9.17, 15) is 5.11 Å². The molecule has 0 aliphatic heterocycles. The molecule has 5 nitrogen and oxygen atoms in total. The maximum Gasteiger partial charge on any atom is 0.201 e. The number of hydrogen-bond acceptors (Lipinski definition) is 4. The van der Waals surface area contributed by atoms with E-state index >= 15 is 0 Å². The van der Waals surface area contributed by atoms with Crippen LogP contribution in [0.3, 0.4) is 0 Å². The second kappa shape index (κ2) is 3.02. The average Bonchev–Trinajstić information content (AvgIpc) is 2.64. The van der Waals surface area contributed by atoms with Crippen LogP contribution in [0.4, 0.5) is 0 Å². The fourth-order valence-electron chi connectivity index (χ4n) is 1.20. The summed E-state index contributed by atoms with van der Waals surface area (Å²) >= 11 is 0.